The molecule has 3 aromatic rings. The first-order valence-electron chi connectivity index (χ1n) is 9.46. The summed E-state index contributed by atoms with van der Waals surface area (Å²) in [5.74, 6) is 0.349. The van der Waals surface area contributed by atoms with E-state index in [1.165, 1.54) is 16.7 Å². The van der Waals surface area contributed by atoms with E-state index in [4.69, 9.17) is 10.5 Å². The second-order valence-electron chi connectivity index (χ2n) is 7.39. The standard InChI is InChI=1S/C22H25N3O3/c1-14-18-10-21(28-2)20(26)9-15(18)7-8-24(14)11-16-12-25(13-22(23)27)19-6-4-3-5-17(16)19/h3-6,9-10,12,14,26H,7-8,11,13H2,1-2H3,(H2,23,27)/t14-/m1/s1. The Labute approximate surface area is 164 Å². The van der Waals surface area contributed by atoms with Crippen molar-refractivity contribution < 1.29 is 14.6 Å². The number of phenols is 1. The van der Waals surface area contributed by atoms with E-state index < -0.39 is 0 Å². The summed E-state index contributed by atoms with van der Waals surface area (Å²) < 4.78 is 7.22. The molecule has 1 aliphatic heterocycles. The Hall–Kier alpha value is -2.99. The van der Waals surface area contributed by atoms with Crippen molar-refractivity contribution in [1.29, 1.82) is 0 Å². The van der Waals surface area contributed by atoms with E-state index in [0.717, 1.165) is 30.4 Å². The van der Waals surface area contributed by atoms with Gasteiger partial charge < -0.3 is 20.1 Å². The Morgan fingerprint density at radius 3 is 2.86 bits per heavy atom. The molecular formula is C22H25N3O3. The van der Waals surface area contributed by atoms with Crippen LogP contribution in [-0.4, -0.2) is 34.1 Å². The Morgan fingerprint density at radius 1 is 1.32 bits per heavy atom. The molecule has 0 aliphatic carbocycles. The predicted octanol–water partition coefficient (Wildman–Crippen LogP) is 2.96. The smallest absolute Gasteiger partial charge is 0.237 e. The number of phenolic OH excluding ortho intramolecular Hbond substituents is 1. The molecule has 0 spiro atoms. The van der Waals surface area contributed by atoms with E-state index in [9.17, 15) is 9.90 Å². The third-order valence-electron chi connectivity index (χ3n) is 5.68. The fraction of sp³-hybridized carbons (Fsp3) is 0.318. The molecule has 3 N–H and O–H groups in total. The van der Waals surface area contributed by atoms with Crippen molar-refractivity contribution in [3.8, 4) is 11.5 Å². The van der Waals surface area contributed by atoms with Gasteiger partial charge in [-0.05, 0) is 48.2 Å². The van der Waals surface area contributed by atoms with Crippen molar-refractivity contribution >= 4 is 16.8 Å². The normalized spacial score (nSPS) is 16.9. The number of hydrogen-bond donors (Lipinski definition) is 2. The molecule has 0 fully saturated rings. The lowest BCUT2D eigenvalue weighted by atomic mass is 9.92. The summed E-state index contributed by atoms with van der Waals surface area (Å²) >= 11 is 0. The average Bonchev–Trinajstić information content (AvgIpc) is 3.01. The van der Waals surface area contributed by atoms with Gasteiger partial charge in [-0.2, -0.15) is 0 Å². The number of primary amides is 1. The lowest BCUT2D eigenvalue weighted by Gasteiger charge is -2.35. The van der Waals surface area contributed by atoms with Gasteiger partial charge in [0.2, 0.25) is 5.91 Å². The highest BCUT2D eigenvalue weighted by Gasteiger charge is 2.26. The average molecular weight is 379 g/mol. The number of aromatic nitrogens is 1. The number of hydrogen-bond acceptors (Lipinski definition) is 4. The summed E-state index contributed by atoms with van der Waals surface area (Å²) in [4.78, 5) is 13.9. The molecule has 0 unspecified atom stereocenters. The first kappa shape index (κ1) is 18.4. The molecule has 6 nitrogen and oxygen atoms in total. The van der Waals surface area contributed by atoms with Crippen LogP contribution in [0.2, 0.25) is 0 Å². The quantitative estimate of drug-likeness (QED) is 0.714. The van der Waals surface area contributed by atoms with E-state index in [1.54, 1.807) is 7.11 Å². The highest BCUT2D eigenvalue weighted by atomic mass is 16.5. The molecule has 4 rings (SSSR count). The Balaban J connectivity index is 1.66. The van der Waals surface area contributed by atoms with Crippen molar-refractivity contribution in [2.45, 2.75) is 32.5 Å². The molecule has 2 aromatic carbocycles. The maximum Gasteiger partial charge on any atom is 0.237 e. The maximum atomic E-state index is 11.4. The molecule has 146 valence electrons. The molecule has 28 heavy (non-hydrogen) atoms. The van der Waals surface area contributed by atoms with Crippen molar-refractivity contribution in [3.63, 3.8) is 0 Å². The van der Waals surface area contributed by atoms with E-state index in [1.807, 2.05) is 41.1 Å². The number of rotatable bonds is 5. The fourth-order valence-corrected chi connectivity index (χ4v) is 4.23. The number of para-hydroxylation sites is 1. The van der Waals surface area contributed by atoms with Gasteiger partial charge in [0.1, 0.15) is 6.54 Å². The van der Waals surface area contributed by atoms with Crippen LogP contribution in [0.1, 0.15) is 29.7 Å². The molecule has 6 heteroatoms. The van der Waals surface area contributed by atoms with Crippen LogP contribution in [0, 0.1) is 0 Å². The Bertz CT molecular complexity index is 1040. The molecule has 0 radical (unpaired) electrons. The van der Waals surface area contributed by atoms with Crippen molar-refractivity contribution in [1.82, 2.24) is 9.47 Å². The first-order chi connectivity index (χ1) is 13.5. The van der Waals surface area contributed by atoms with Gasteiger partial charge in [-0.15, -0.1) is 0 Å². The Morgan fingerprint density at radius 2 is 2.11 bits per heavy atom. The fourth-order valence-electron chi connectivity index (χ4n) is 4.23. The summed E-state index contributed by atoms with van der Waals surface area (Å²) in [5.41, 5.74) is 9.97. The number of carbonyl (C=O) groups is 1. The van der Waals surface area contributed by atoms with Crippen molar-refractivity contribution in [3.05, 3.63) is 59.3 Å². The molecule has 1 atom stereocenters. The van der Waals surface area contributed by atoms with Crippen LogP contribution in [0.15, 0.2) is 42.6 Å². The number of nitrogens with two attached hydrogens (primary N) is 1. The number of nitrogens with zero attached hydrogens (tertiary/aromatic N) is 2. The monoisotopic (exact) mass is 379 g/mol. The van der Waals surface area contributed by atoms with Gasteiger partial charge in [0.15, 0.2) is 11.5 Å². The zero-order valence-electron chi connectivity index (χ0n) is 16.2. The van der Waals surface area contributed by atoms with Crippen molar-refractivity contribution in [2.75, 3.05) is 13.7 Å². The number of methoxy groups -OCH3 is 1. The summed E-state index contributed by atoms with van der Waals surface area (Å²) in [6.45, 7) is 4.03. The molecule has 2 heterocycles. The second-order valence-corrected chi connectivity index (χ2v) is 7.39. The number of ether oxygens (including phenoxy) is 1. The minimum Gasteiger partial charge on any atom is -0.504 e. The van der Waals surface area contributed by atoms with E-state index in [0.29, 0.717) is 5.75 Å². The van der Waals surface area contributed by atoms with Gasteiger partial charge in [-0.3, -0.25) is 9.69 Å². The zero-order chi connectivity index (χ0) is 19.8. The van der Waals surface area contributed by atoms with Crippen LogP contribution >= 0.6 is 0 Å². The molecule has 0 saturated heterocycles. The molecule has 1 aromatic heterocycles. The number of amides is 1. The topological polar surface area (TPSA) is 80.7 Å². The molecule has 1 amide bonds. The number of fused-ring (bicyclic) bond motifs is 2. The van der Waals surface area contributed by atoms with Crippen LogP contribution < -0.4 is 10.5 Å². The third-order valence-corrected chi connectivity index (χ3v) is 5.68. The summed E-state index contributed by atoms with van der Waals surface area (Å²) in [5, 5.41) is 11.2. The number of carbonyl (C=O) groups excluding carboxylic acids is 1. The summed E-state index contributed by atoms with van der Waals surface area (Å²) in [6.07, 6.45) is 2.91. The molecule has 1 aliphatic rings. The van der Waals surface area contributed by atoms with Gasteiger partial charge in [-0.1, -0.05) is 18.2 Å². The molecular weight excluding hydrogens is 354 g/mol. The van der Waals surface area contributed by atoms with Gasteiger partial charge >= 0.3 is 0 Å². The van der Waals surface area contributed by atoms with Gasteiger partial charge in [0.25, 0.3) is 0 Å². The summed E-state index contributed by atoms with van der Waals surface area (Å²) in [6, 6.07) is 12.1. The lowest BCUT2D eigenvalue weighted by Crippen LogP contribution is -2.33. The largest absolute Gasteiger partial charge is 0.504 e. The van der Waals surface area contributed by atoms with Crippen LogP contribution in [0.25, 0.3) is 10.9 Å². The van der Waals surface area contributed by atoms with Crippen molar-refractivity contribution in [2.24, 2.45) is 5.73 Å². The van der Waals surface area contributed by atoms with Crippen LogP contribution in [0.3, 0.4) is 0 Å². The molecule has 0 bridgehead atoms. The van der Waals surface area contributed by atoms with Crippen LogP contribution in [0.5, 0.6) is 11.5 Å². The predicted molar refractivity (Wildman–Crippen MR) is 108 cm³/mol. The maximum absolute atomic E-state index is 11.4. The minimum absolute atomic E-state index is 0.176. The first-order valence-corrected chi connectivity index (χ1v) is 9.46. The van der Waals surface area contributed by atoms with E-state index in [-0.39, 0.29) is 24.2 Å². The minimum atomic E-state index is -0.348. The number of benzene rings is 2. The SMILES string of the molecule is COc1cc2c(cc1O)CCN(Cc1cn(CC(N)=O)c3ccccc13)[C@@H]2C. The third kappa shape index (κ3) is 3.20. The number of aromatic hydroxyl groups is 1. The van der Waals surface area contributed by atoms with E-state index in [2.05, 4.69) is 17.9 Å². The van der Waals surface area contributed by atoms with Gasteiger partial charge in [-0.25, -0.2) is 0 Å². The lowest BCUT2D eigenvalue weighted by molar-refractivity contribution is -0.118. The highest BCUT2D eigenvalue weighted by Crippen LogP contribution is 2.38. The van der Waals surface area contributed by atoms with Gasteiger partial charge in [0, 0.05) is 36.2 Å². The summed E-state index contributed by atoms with van der Waals surface area (Å²) in [7, 11) is 1.57. The molecule has 0 saturated carbocycles. The van der Waals surface area contributed by atoms with Crippen LogP contribution in [0.4, 0.5) is 0 Å². The van der Waals surface area contributed by atoms with Crippen LogP contribution in [-0.2, 0) is 24.3 Å². The Kier molecular flexibility index (Phi) is 4.73. The highest BCUT2D eigenvalue weighted by molar-refractivity contribution is 5.85. The zero-order valence-corrected chi connectivity index (χ0v) is 16.2. The van der Waals surface area contributed by atoms with Gasteiger partial charge in [0.05, 0.1) is 7.11 Å². The van der Waals surface area contributed by atoms with E-state index >= 15 is 0 Å². The second kappa shape index (κ2) is 7.20.